The molecule has 0 amide bonds. The molecule has 0 radical (unpaired) electrons. The van der Waals surface area contributed by atoms with Crippen molar-refractivity contribution in [1.82, 2.24) is 19.4 Å². The number of aromatic nitrogens is 3. The minimum atomic E-state index is 0.570. The Hall–Kier alpha value is -1.88. The zero-order valence-corrected chi connectivity index (χ0v) is 16.2. The van der Waals surface area contributed by atoms with Crippen molar-refractivity contribution in [2.24, 2.45) is 0 Å². The van der Waals surface area contributed by atoms with Gasteiger partial charge in [0.25, 0.3) is 0 Å². The van der Waals surface area contributed by atoms with Crippen LogP contribution in [-0.4, -0.2) is 53.2 Å². The molecule has 3 heterocycles. The molecule has 5 heteroatoms. The van der Waals surface area contributed by atoms with Crippen molar-refractivity contribution in [2.75, 3.05) is 38.6 Å². The van der Waals surface area contributed by atoms with Crippen LogP contribution in [0.1, 0.15) is 48.7 Å². The average molecular weight is 354 g/mol. The van der Waals surface area contributed by atoms with Gasteiger partial charge in [-0.05, 0) is 64.3 Å². The normalized spacial score (nSPS) is 18.3. The topological polar surface area (TPSA) is 37.2 Å². The first kappa shape index (κ1) is 17.5. The van der Waals surface area contributed by atoms with Gasteiger partial charge in [-0.25, -0.2) is 9.97 Å². The van der Waals surface area contributed by atoms with Gasteiger partial charge < -0.3 is 14.4 Å². The fourth-order valence-electron chi connectivity index (χ4n) is 4.29. The molecule has 2 aliphatic rings. The number of hydrogen-bond acceptors (Lipinski definition) is 4. The Balaban J connectivity index is 1.39. The summed E-state index contributed by atoms with van der Waals surface area (Å²) < 4.78 is 2.34. The maximum Gasteiger partial charge on any atom is 0.128 e. The molecule has 1 saturated heterocycles. The summed E-state index contributed by atoms with van der Waals surface area (Å²) in [4.78, 5) is 14.4. The fraction of sp³-hybridized carbons (Fsp3) is 0.619. The van der Waals surface area contributed by atoms with Crippen LogP contribution in [0.5, 0.6) is 0 Å². The minimum absolute atomic E-state index is 0.570. The zero-order valence-electron chi connectivity index (χ0n) is 16.2. The van der Waals surface area contributed by atoms with Gasteiger partial charge in [-0.3, -0.25) is 0 Å². The van der Waals surface area contributed by atoms with E-state index in [1.165, 1.54) is 42.2 Å². The molecular formula is C21H31N5. The van der Waals surface area contributed by atoms with Gasteiger partial charge in [-0.15, -0.1) is 0 Å². The van der Waals surface area contributed by atoms with E-state index in [2.05, 4.69) is 51.8 Å². The third kappa shape index (κ3) is 3.78. The zero-order chi connectivity index (χ0) is 17.9. The van der Waals surface area contributed by atoms with Crippen molar-refractivity contribution in [1.29, 1.82) is 0 Å². The molecule has 0 unspecified atom stereocenters. The van der Waals surface area contributed by atoms with E-state index in [1.54, 1.807) is 0 Å². The van der Waals surface area contributed by atoms with Crippen LogP contribution in [0.25, 0.3) is 0 Å². The quantitative estimate of drug-likeness (QED) is 0.828. The molecule has 5 nitrogen and oxygen atoms in total. The van der Waals surface area contributed by atoms with Gasteiger partial charge in [0.2, 0.25) is 0 Å². The van der Waals surface area contributed by atoms with Crippen LogP contribution in [0, 0.1) is 0 Å². The number of fused-ring (bicyclic) bond motifs is 1. The van der Waals surface area contributed by atoms with Gasteiger partial charge in [0.1, 0.15) is 11.6 Å². The van der Waals surface area contributed by atoms with E-state index in [0.29, 0.717) is 5.92 Å². The second kappa shape index (κ2) is 7.78. The summed E-state index contributed by atoms with van der Waals surface area (Å²) >= 11 is 0. The molecule has 0 atom stereocenters. The summed E-state index contributed by atoms with van der Waals surface area (Å²) in [6.07, 6.45) is 11.4. The van der Waals surface area contributed by atoms with E-state index in [1.807, 2.05) is 6.20 Å². The Morgan fingerprint density at radius 3 is 2.73 bits per heavy atom. The predicted molar refractivity (Wildman–Crippen MR) is 106 cm³/mol. The number of anilines is 1. The monoisotopic (exact) mass is 353 g/mol. The SMILES string of the molecule is CN(C)CCn1ccnc1C1CCN(c2ccc3c(n2)CCCC3)CC1. The lowest BCUT2D eigenvalue weighted by atomic mass is 9.94. The van der Waals surface area contributed by atoms with Gasteiger partial charge in [-0.1, -0.05) is 6.07 Å². The first-order chi connectivity index (χ1) is 12.7. The van der Waals surface area contributed by atoms with Gasteiger partial charge in [-0.2, -0.15) is 0 Å². The molecule has 2 aromatic rings. The number of piperidine rings is 1. The van der Waals surface area contributed by atoms with E-state index in [-0.39, 0.29) is 0 Å². The van der Waals surface area contributed by atoms with E-state index < -0.39 is 0 Å². The number of aryl methyl sites for hydroxylation is 2. The lowest BCUT2D eigenvalue weighted by molar-refractivity contribution is 0.372. The molecule has 4 rings (SSSR count). The van der Waals surface area contributed by atoms with Gasteiger partial charge in [0.15, 0.2) is 0 Å². The van der Waals surface area contributed by atoms with Crippen LogP contribution in [0.2, 0.25) is 0 Å². The van der Waals surface area contributed by atoms with Crippen LogP contribution in [0.4, 0.5) is 5.82 Å². The number of likely N-dealkylation sites (N-methyl/N-ethyl adjacent to an activating group) is 1. The van der Waals surface area contributed by atoms with Crippen LogP contribution in [0.3, 0.4) is 0 Å². The van der Waals surface area contributed by atoms with Crippen molar-refractivity contribution in [3.8, 4) is 0 Å². The van der Waals surface area contributed by atoms with Crippen molar-refractivity contribution < 1.29 is 0 Å². The van der Waals surface area contributed by atoms with E-state index in [4.69, 9.17) is 4.98 Å². The molecule has 26 heavy (non-hydrogen) atoms. The fourth-order valence-corrected chi connectivity index (χ4v) is 4.29. The van der Waals surface area contributed by atoms with Crippen LogP contribution in [-0.2, 0) is 19.4 Å². The molecule has 140 valence electrons. The first-order valence-electron chi connectivity index (χ1n) is 10.1. The second-order valence-corrected chi connectivity index (χ2v) is 8.03. The Labute approximate surface area is 157 Å². The Morgan fingerprint density at radius 1 is 1.12 bits per heavy atom. The standard InChI is InChI=1S/C21H31N5/c1-24(2)15-16-26-14-11-22-21(26)18-9-12-25(13-10-18)20-8-7-17-5-3-4-6-19(17)23-20/h7-8,11,14,18H,3-6,9-10,12-13,15-16H2,1-2H3. The van der Waals surface area contributed by atoms with Crippen LogP contribution < -0.4 is 4.90 Å². The van der Waals surface area contributed by atoms with Crippen molar-refractivity contribution in [2.45, 2.75) is 51.0 Å². The third-order valence-electron chi connectivity index (χ3n) is 5.88. The molecule has 0 bridgehead atoms. The third-order valence-corrected chi connectivity index (χ3v) is 5.88. The Morgan fingerprint density at radius 2 is 1.92 bits per heavy atom. The molecule has 0 aromatic carbocycles. The summed E-state index contributed by atoms with van der Waals surface area (Å²) in [5.74, 6) is 3.02. The van der Waals surface area contributed by atoms with Crippen molar-refractivity contribution in [3.63, 3.8) is 0 Å². The van der Waals surface area contributed by atoms with E-state index in [0.717, 1.165) is 45.4 Å². The lowest BCUT2D eigenvalue weighted by Gasteiger charge is -2.33. The molecule has 0 N–H and O–H groups in total. The molecule has 1 aliphatic heterocycles. The summed E-state index contributed by atoms with van der Waals surface area (Å²) in [6.45, 7) is 4.24. The molecule has 0 saturated carbocycles. The number of pyridine rings is 1. The first-order valence-corrected chi connectivity index (χ1v) is 10.1. The maximum absolute atomic E-state index is 4.99. The summed E-state index contributed by atoms with van der Waals surface area (Å²) in [5.41, 5.74) is 2.81. The summed E-state index contributed by atoms with van der Waals surface area (Å²) in [6, 6.07) is 4.55. The van der Waals surface area contributed by atoms with Crippen molar-refractivity contribution >= 4 is 5.82 Å². The van der Waals surface area contributed by atoms with E-state index >= 15 is 0 Å². The number of hydrogen-bond donors (Lipinski definition) is 0. The van der Waals surface area contributed by atoms with Gasteiger partial charge in [0, 0.05) is 50.2 Å². The largest absolute Gasteiger partial charge is 0.357 e. The van der Waals surface area contributed by atoms with Gasteiger partial charge in [0.05, 0.1) is 0 Å². The summed E-state index contributed by atoms with van der Waals surface area (Å²) in [5, 5.41) is 0. The van der Waals surface area contributed by atoms with Crippen molar-refractivity contribution in [3.05, 3.63) is 41.6 Å². The number of rotatable bonds is 5. The second-order valence-electron chi connectivity index (χ2n) is 8.03. The van der Waals surface area contributed by atoms with Crippen LogP contribution in [0.15, 0.2) is 24.5 Å². The highest BCUT2D eigenvalue weighted by molar-refractivity contribution is 5.43. The van der Waals surface area contributed by atoms with E-state index in [9.17, 15) is 0 Å². The molecule has 2 aromatic heterocycles. The smallest absolute Gasteiger partial charge is 0.128 e. The average Bonchev–Trinajstić information content (AvgIpc) is 3.15. The molecule has 1 aliphatic carbocycles. The van der Waals surface area contributed by atoms with Crippen LogP contribution >= 0.6 is 0 Å². The highest BCUT2D eigenvalue weighted by atomic mass is 15.2. The molecular weight excluding hydrogens is 322 g/mol. The Bertz CT molecular complexity index is 728. The minimum Gasteiger partial charge on any atom is -0.357 e. The number of nitrogens with zero attached hydrogens (tertiary/aromatic N) is 5. The van der Waals surface area contributed by atoms with Gasteiger partial charge >= 0.3 is 0 Å². The highest BCUT2D eigenvalue weighted by Gasteiger charge is 2.25. The maximum atomic E-state index is 4.99. The number of imidazole rings is 1. The molecule has 1 fully saturated rings. The summed E-state index contributed by atoms with van der Waals surface area (Å²) in [7, 11) is 4.25. The highest BCUT2D eigenvalue weighted by Crippen LogP contribution is 2.30. The Kier molecular flexibility index (Phi) is 5.25. The predicted octanol–water partition coefficient (Wildman–Crippen LogP) is 3.10. The molecule has 0 spiro atoms. The lowest BCUT2D eigenvalue weighted by Crippen LogP contribution is -2.34.